The van der Waals surface area contributed by atoms with Crippen LogP contribution < -0.4 is 24.8 Å². The molecule has 0 saturated carbocycles. The van der Waals surface area contributed by atoms with Crippen molar-refractivity contribution in [3.05, 3.63) is 150 Å². The highest BCUT2D eigenvalue weighted by Gasteiger charge is 2.22. The van der Waals surface area contributed by atoms with E-state index in [0.717, 1.165) is 36.9 Å². The zero-order valence-electron chi connectivity index (χ0n) is 36.8. The van der Waals surface area contributed by atoms with E-state index in [-0.39, 0.29) is 31.4 Å². The minimum atomic E-state index is -1.99. The number of benzene rings is 6. The van der Waals surface area contributed by atoms with Gasteiger partial charge in [0.2, 0.25) is 11.8 Å². The molecule has 6 rings (SSSR count). The zero-order valence-corrected chi connectivity index (χ0v) is 34.8. The third kappa shape index (κ3) is 12.1. The lowest BCUT2D eigenvalue weighted by molar-refractivity contribution is -0.132. The summed E-state index contributed by atoms with van der Waals surface area (Å²) in [5.41, 5.74) is 3.44. The molecule has 8 heteroatoms. The molecule has 1 atom stereocenters. The fourth-order valence-electron chi connectivity index (χ4n) is 7.35. The summed E-state index contributed by atoms with van der Waals surface area (Å²) in [4.78, 5) is 28.2. The van der Waals surface area contributed by atoms with Crippen molar-refractivity contribution in [1.82, 2.24) is 15.5 Å². The number of fused-ring (bicyclic) bond motifs is 2. The molecule has 6 aromatic carbocycles. The second-order valence-electron chi connectivity index (χ2n) is 15.2. The van der Waals surface area contributed by atoms with Gasteiger partial charge in [-0.15, -0.1) is 0 Å². The standard InChI is InChI=1S/C51H59N3O5/c1-37(2)22-29-49(55)53-51(47-28-27-43(57-3)35-48(47)58-4)39-23-25-42(26-24-39)59-33-13-21-50(56)54(36-38-14-6-5-7-15-38)32-31-52-30-12-20-46-44-18-10-8-16-40(44)34-41-17-9-11-19-45(41)46/h5-11,14-19,23-28,34-35,37,51-52H,12-13,20-22,29-33,36H2,1-4H3,(H,53,55)/i36D2. The fraction of sp³-hybridized carbons (Fsp3) is 0.333. The van der Waals surface area contributed by atoms with Crippen LogP contribution in [0.15, 0.2) is 127 Å². The Balaban J connectivity index is 1.05. The predicted octanol–water partition coefficient (Wildman–Crippen LogP) is 10.1. The number of carbonyl (C=O) groups excluding carboxylic acids is 2. The van der Waals surface area contributed by atoms with Crippen LogP contribution in [0, 0.1) is 5.92 Å². The zero-order chi connectivity index (χ0) is 43.2. The van der Waals surface area contributed by atoms with Gasteiger partial charge < -0.3 is 29.7 Å². The molecule has 0 spiro atoms. The molecule has 0 fully saturated rings. The van der Waals surface area contributed by atoms with Crippen LogP contribution in [0.5, 0.6) is 17.2 Å². The molecule has 308 valence electrons. The minimum Gasteiger partial charge on any atom is -0.497 e. The molecule has 0 saturated heterocycles. The molecule has 8 nitrogen and oxygen atoms in total. The topological polar surface area (TPSA) is 89.1 Å². The van der Waals surface area contributed by atoms with Gasteiger partial charge in [0, 0.05) is 44.1 Å². The van der Waals surface area contributed by atoms with Crippen LogP contribution in [0.1, 0.15) is 77.0 Å². The van der Waals surface area contributed by atoms with Crippen LogP contribution in [-0.2, 0) is 22.5 Å². The van der Waals surface area contributed by atoms with Gasteiger partial charge in [0.1, 0.15) is 17.2 Å². The predicted molar refractivity (Wildman–Crippen MR) is 239 cm³/mol. The molecule has 0 aromatic heterocycles. The van der Waals surface area contributed by atoms with Crippen molar-refractivity contribution in [2.75, 3.05) is 40.5 Å². The lowest BCUT2D eigenvalue weighted by Crippen LogP contribution is -2.36. The first-order chi connectivity index (χ1) is 29.6. The van der Waals surface area contributed by atoms with Crippen molar-refractivity contribution >= 4 is 33.4 Å². The van der Waals surface area contributed by atoms with E-state index in [1.807, 2.05) is 42.5 Å². The number of hydrogen-bond donors (Lipinski definition) is 2. The van der Waals surface area contributed by atoms with Crippen LogP contribution in [0.4, 0.5) is 0 Å². The van der Waals surface area contributed by atoms with Crippen molar-refractivity contribution in [2.45, 2.75) is 64.9 Å². The first-order valence-corrected chi connectivity index (χ1v) is 20.8. The first-order valence-electron chi connectivity index (χ1n) is 21.8. The molecule has 59 heavy (non-hydrogen) atoms. The number of amides is 2. The summed E-state index contributed by atoms with van der Waals surface area (Å²) in [5.74, 6) is 1.96. The van der Waals surface area contributed by atoms with Gasteiger partial charge in [0.05, 0.1) is 29.6 Å². The van der Waals surface area contributed by atoms with Crippen LogP contribution in [0.25, 0.3) is 21.5 Å². The first kappa shape index (κ1) is 39.9. The Morgan fingerprint density at radius 2 is 1.41 bits per heavy atom. The maximum Gasteiger partial charge on any atom is 0.223 e. The summed E-state index contributed by atoms with van der Waals surface area (Å²) in [6.07, 6.45) is 3.53. The molecule has 0 aliphatic carbocycles. The van der Waals surface area contributed by atoms with Gasteiger partial charge in [-0.1, -0.05) is 105 Å². The van der Waals surface area contributed by atoms with Crippen molar-refractivity contribution in [1.29, 1.82) is 0 Å². The Bertz CT molecular complexity index is 2300. The average Bonchev–Trinajstić information content (AvgIpc) is 3.28. The molecular formula is C51H59N3O5. The Morgan fingerprint density at radius 1 is 0.729 bits per heavy atom. The largest absolute Gasteiger partial charge is 0.497 e. The summed E-state index contributed by atoms with van der Waals surface area (Å²) in [6.45, 7) is 3.88. The van der Waals surface area contributed by atoms with E-state index in [1.165, 1.54) is 32.0 Å². The molecule has 1 unspecified atom stereocenters. The van der Waals surface area contributed by atoms with Crippen molar-refractivity contribution in [3.8, 4) is 17.2 Å². The highest BCUT2D eigenvalue weighted by Crippen LogP contribution is 2.34. The van der Waals surface area contributed by atoms with Crippen molar-refractivity contribution in [2.24, 2.45) is 5.92 Å². The normalized spacial score (nSPS) is 12.5. The molecular weight excluding hydrogens is 735 g/mol. The Morgan fingerprint density at radius 3 is 2.08 bits per heavy atom. The SMILES string of the molecule is [2H]C([2H])(c1ccccc1)N(CCNCCCc1c2ccccc2cc2ccccc12)C(=O)CCCOc1ccc(C(NC(=O)CCC(C)C)c2ccc(OC)cc2OC)cc1. The van der Waals surface area contributed by atoms with E-state index in [9.17, 15) is 9.59 Å². The number of hydrogen-bond acceptors (Lipinski definition) is 6. The average molecular weight is 796 g/mol. The molecule has 0 heterocycles. The highest BCUT2D eigenvalue weighted by molar-refractivity contribution is 6.02. The number of methoxy groups -OCH3 is 2. The summed E-state index contributed by atoms with van der Waals surface area (Å²) in [5, 5.41) is 11.7. The number of nitrogens with one attached hydrogen (secondary N) is 2. The monoisotopic (exact) mass is 795 g/mol. The maximum absolute atomic E-state index is 13.8. The van der Waals surface area contributed by atoms with Crippen molar-refractivity contribution in [3.63, 3.8) is 0 Å². The lowest BCUT2D eigenvalue weighted by Gasteiger charge is -2.23. The minimum absolute atomic E-state index is 0.0475. The maximum atomic E-state index is 13.8. The number of aryl methyl sites for hydroxylation is 1. The number of ether oxygens (including phenoxy) is 3. The molecule has 0 radical (unpaired) electrons. The van der Waals surface area contributed by atoms with Crippen LogP contribution in [-0.4, -0.2) is 57.2 Å². The number of nitrogens with zero attached hydrogens (tertiary/aromatic N) is 1. The summed E-state index contributed by atoms with van der Waals surface area (Å²) in [6, 6.07) is 40.8. The van der Waals surface area contributed by atoms with Crippen LogP contribution in [0.2, 0.25) is 0 Å². The third-order valence-electron chi connectivity index (χ3n) is 10.5. The van der Waals surface area contributed by atoms with Gasteiger partial charge in [-0.3, -0.25) is 9.59 Å². The Hall–Kier alpha value is -5.86. The van der Waals surface area contributed by atoms with E-state index < -0.39 is 12.5 Å². The van der Waals surface area contributed by atoms with E-state index >= 15 is 0 Å². The quantitative estimate of drug-likeness (QED) is 0.0526. The van der Waals surface area contributed by atoms with E-state index in [1.54, 1.807) is 44.6 Å². The Kier molecular flexibility index (Phi) is 14.7. The van der Waals surface area contributed by atoms with Crippen LogP contribution in [0.3, 0.4) is 0 Å². The highest BCUT2D eigenvalue weighted by atomic mass is 16.5. The lowest BCUT2D eigenvalue weighted by atomic mass is 9.94. The fourth-order valence-corrected chi connectivity index (χ4v) is 7.35. The number of carbonyl (C=O) groups is 2. The van der Waals surface area contributed by atoms with E-state index in [4.69, 9.17) is 17.0 Å². The Labute approximate surface area is 352 Å². The summed E-state index contributed by atoms with van der Waals surface area (Å²) < 4.78 is 35.3. The summed E-state index contributed by atoms with van der Waals surface area (Å²) >= 11 is 0. The molecule has 0 bridgehead atoms. The second-order valence-corrected chi connectivity index (χ2v) is 15.2. The van der Waals surface area contributed by atoms with Gasteiger partial charge >= 0.3 is 0 Å². The van der Waals surface area contributed by atoms with E-state index in [2.05, 4.69) is 79.1 Å². The van der Waals surface area contributed by atoms with Gasteiger partial charge in [-0.25, -0.2) is 0 Å². The number of rotatable bonds is 22. The summed E-state index contributed by atoms with van der Waals surface area (Å²) in [7, 11) is 3.20. The van der Waals surface area contributed by atoms with Gasteiger partial charge in [0.25, 0.3) is 0 Å². The third-order valence-corrected chi connectivity index (χ3v) is 10.5. The molecule has 2 amide bonds. The smallest absolute Gasteiger partial charge is 0.223 e. The van der Waals surface area contributed by atoms with Crippen LogP contribution >= 0.6 is 0 Å². The molecule has 6 aromatic rings. The van der Waals surface area contributed by atoms with Gasteiger partial charge in [-0.2, -0.15) is 0 Å². The van der Waals surface area contributed by atoms with Gasteiger partial charge in [0.15, 0.2) is 0 Å². The second kappa shape index (κ2) is 21.8. The molecule has 0 aliphatic heterocycles. The van der Waals surface area contributed by atoms with E-state index in [0.29, 0.717) is 48.1 Å². The molecule has 0 aliphatic rings. The molecule has 2 N–H and O–H groups in total. The van der Waals surface area contributed by atoms with Gasteiger partial charge in [-0.05, 0) is 107 Å². The van der Waals surface area contributed by atoms with Crippen molar-refractivity contribution < 1.29 is 26.5 Å².